The number of hydrogen-bond acceptors (Lipinski definition) is 4. The Bertz CT molecular complexity index is 422. The molecule has 1 rings (SSSR count). The number of aromatic nitrogens is 1. The number of nitrogens with two attached hydrogens (primary N) is 1. The first-order valence-electron chi connectivity index (χ1n) is 5.15. The molecule has 1 aromatic rings. The average molecular weight is 244 g/mol. The van der Waals surface area contributed by atoms with E-state index in [-0.39, 0.29) is 35.5 Å². The molecule has 0 amide bonds. The van der Waals surface area contributed by atoms with Crippen molar-refractivity contribution in [3.63, 3.8) is 0 Å². The van der Waals surface area contributed by atoms with Crippen molar-refractivity contribution < 1.29 is 18.3 Å². The van der Waals surface area contributed by atoms with Crippen molar-refractivity contribution in [2.75, 3.05) is 12.3 Å². The molecule has 1 heterocycles. The normalized spacial score (nSPS) is 10.6. The third-order valence-corrected chi connectivity index (χ3v) is 2.34. The van der Waals surface area contributed by atoms with Crippen LogP contribution in [0.1, 0.15) is 30.2 Å². The molecule has 6 heteroatoms. The zero-order valence-corrected chi connectivity index (χ0v) is 9.67. The smallest absolute Gasteiger partial charge is 0.311 e. The van der Waals surface area contributed by atoms with Gasteiger partial charge in [-0.15, -0.1) is 0 Å². The van der Waals surface area contributed by atoms with Gasteiger partial charge in [-0.1, -0.05) is 0 Å². The highest BCUT2D eigenvalue weighted by Crippen LogP contribution is 2.28. The lowest BCUT2D eigenvalue weighted by atomic mass is 10.0. The van der Waals surface area contributed by atoms with Gasteiger partial charge in [0.15, 0.2) is 0 Å². The van der Waals surface area contributed by atoms with Gasteiger partial charge < -0.3 is 10.5 Å². The Balaban J connectivity index is 3.07. The average Bonchev–Trinajstić information content (AvgIpc) is 2.23. The van der Waals surface area contributed by atoms with E-state index in [2.05, 4.69) is 4.98 Å². The standard InChI is InChI=1S/C11H14F2N2O2/c1-3-17-9(16)4-8-10(11(12)13)6(2)7(14)5-15-8/h5,11H,3-4,14H2,1-2H3. The number of carbonyl (C=O) groups is 1. The maximum absolute atomic E-state index is 12.9. The second-order valence-electron chi connectivity index (χ2n) is 3.48. The molecule has 0 saturated carbocycles. The van der Waals surface area contributed by atoms with Crippen molar-refractivity contribution in [3.05, 3.63) is 23.0 Å². The molecule has 0 unspecified atom stereocenters. The summed E-state index contributed by atoms with van der Waals surface area (Å²) in [6.07, 6.45) is -1.71. The Morgan fingerprint density at radius 3 is 2.76 bits per heavy atom. The van der Waals surface area contributed by atoms with Crippen LogP contribution >= 0.6 is 0 Å². The number of nitrogens with zero attached hydrogens (tertiary/aromatic N) is 1. The van der Waals surface area contributed by atoms with E-state index in [9.17, 15) is 13.6 Å². The third-order valence-electron chi connectivity index (χ3n) is 2.34. The zero-order valence-electron chi connectivity index (χ0n) is 9.67. The van der Waals surface area contributed by atoms with Crippen LogP contribution in [0.2, 0.25) is 0 Å². The van der Waals surface area contributed by atoms with Crippen molar-refractivity contribution in [2.24, 2.45) is 0 Å². The molecule has 94 valence electrons. The first kappa shape index (κ1) is 13.3. The monoisotopic (exact) mass is 244 g/mol. The summed E-state index contributed by atoms with van der Waals surface area (Å²) in [6, 6.07) is 0. The topological polar surface area (TPSA) is 65.2 Å². The molecule has 1 aromatic heterocycles. The Morgan fingerprint density at radius 2 is 2.24 bits per heavy atom. The number of alkyl halides is 2. The number of pyridine rings is 1. The maximum atomic E-state index is 12.9. The van der Waals surface area contributed by atoms with Gasteiger partial charge >= 0.3 is 5.97 Å². The first-order chi connectivity index (χ1) is 7.97. The van der Waals surface area contributed by atoms with E-state index in [0.29, 0.717) is 0 Å². The van der Waals surface area contributed by atoms with Crippen molar-refractivity contribution in [2.45, 2.75) is 26.7 Å². The summed E-state index contributed by atoms with van der Waals surface area (Å²) in [5.41, 5.74) is 5.69. The fraction of sp³-hybridized carbons (Fsp3) is 0.455. The number of nitrogen functional groups attached to an aromatic ring is 1. The van der Waals surface area contributed by atoms with Crippen LogP contribution in [-0.2, 0) is 16.0 Å². The van der Waals surface area contributed by atoms with Crippen LogP contribution in [-0.4, -0.2) is 17.6 Å². The van der Waals surface area contributed by atoms with Crippen LogP contribution in [0.15, 0.2) is 6.20 Å². The number of anilines is 1. The first-order valence-corrected chi connectivity index (χ1v) is 5.15. The Labute approximate surface area is 97.8 Å². The highest BCUT2D eigenvalue weighted by Gasteiger charge is 2.21. The summed E-state index contributed by atoms with van der Waals surface area (Å²) < 4.78 is 30.4. The van der Waals surface area contributed by atoms with Gasteiger partial charge in [-0.2, -0.15) is 0 Å². The van der Waals surface area contributed by atoms with Gasteiger partial charge in [-0.25, -0.2) is 8.78 Å². The highest BCUT2D eigenvalue weighted by molar-refractivity contribution is 5.73. The third kappa shape index (κ3) is 3.12. The molecule has 17 heavy (non-hydrogen) atoms. The van der Waals surface area contributed by atoms with Crippen molar-refractivity contribution >= 4 is 11.7 Å². The van der Waals surface area contributed by atoms with Gasteiger partial charge in [0.2, 0.25) is 0 Å². The van der Waals surface area contributed by atoms with Crippen LogP contribution in [0, 0.1) is 6.92 Å². The minimum absolute atomic E-state index is 0.0187. The van der Waals surface area contributed by atoms with Crippen molar-refractivity contribution in [3.8, 4) is 0 Å². The molecule has 2 N–H and O–H groups in total. The largest absolute Gasteiger partial charge is 0.466 e. The minimum atomic E-state index is -2.71. The Hall–Kier alpha value is -1.72. The van der Waals surface area contributed by atoms with E-state index in [1.54, 1.807) is 6.92 Å². The molecule has 0 radical (unpaired) electrons. The Morgan fingerprint density at radius 1 is 1.59 bits per heavy atom. The van der Waals surface area contributed by atoms with Crippen LogP contribution in [0.25, 0.3) is 0 Å². The minimum Gasteiger partial charge on any atom is -0.466 e. The van der Waals surface area contributed by atoms with Crippen LogP contribution in [0.5, 0.6) is 0 Å². The molecule has 0 bridgehead atoms. The van der Waals surface area contributed by atoms with Gasteiger partial charge in [0.05, 0.1) is 30.6 Å². The maximum Gasteiger partial charge on any atom is 0.311 e. The number of ether oxygens (including phenoxy) is 1. The van der Waals surface area contributed by atoms with E-state index in [4.69, 9.17) is 10.5 Å². The van der Waals surface area contributed by atoms with Crippen LogP contribution < -0.4 is 5.73 Å². The second kappa shape index (κ2) is 5.56. The molecule has 0 fully saturated rings. The van der Waals surface area contributed by atoms with E-state index in [0.717, 1.165) is 0 Å². The van der Waals surface area contributed by atoms with Crippen LogP contribution in [0.4, 0.5) is 14.5 Å². The fourth-order valence-electron chi connectivity index (χ4n) is 1.46. The highest BCUT2D eigenvalue weighted by atomic mass is 19.3. The van der Waals surface area contributed by atoms with Crippen LogP contribution in [0.3, 0.4) is 0 Å². The summed E-state index contributed by atoms with van der Waals surface area (Å²) in [4.78, 5) is 15.0. The molecule has 0 aliphatic carbocycles. The number of rotatable bonds is 4. The summed E-state index contributed by atoms with van der Waals surface area (Å²) in [5, 5.41) is 0. The number of esters is 1. The van der Waals surface area contributed by atoms with Crippen molar-refractivity contribution in [1.82, 2.24) is 4.98 Å². The molecule has 0 atom stereocenters. The van der Waals surface area contributed by atoms with Gasteiger partial charge in [0.1, 0.15) is 0 Å². The van der Waals surface area contributed by atoms with Gasteiger partial charge in [0, 0.05) is 5.56 Å². The number of hydrogen-bond donors (Lipinski definition) is 1. The molecule has 0 saturated heterocycles. The van der Waals surface area contributed by atoms with E-state index >= 15 is 0 Å². The fourth-order valence-corrected chi connectivity index (χ4v) is 1.46. The summed E-state index contributed by atoms with van der Waals surface area (Å²) in [5.74, 6) is -0.578. The van der Waals surface area contributed by atoms with E-state index in [1.165, 1.54) is 13.1 Å². The van der Waals surface area contributed by atoms with Gasteiger partial charge in [0.25, 0.3) is 6.43 Å². The van der Waals surface area contributed by atoms with Crippen molar-refractivity contribution in [1.29, 1.82) is 0 Å². The van der Waals surface area contributed by atoms with Gasteiger partial charge in [-0.05, 0) is 19.4 Å². The summed E-state index contributed by atoms with van der Waals surface area (Å²) in [7, 11) is 0. The predicted octanol–water partition coefficient (Wildman–Crippen LogP) is 2.02. The lowest BCUT2D eigenvalue weighted by Crippen LogP contribution is -2.13. The lowest BCUT2D eigenvalue weighted by Gasteiger charge is -2.12. The molecule has 0 aliphatic heterocycles. The second-order valence-corrected chi connectivity index (χ2v) is 3.48. The molecular formula is C11H14F2N2O2. The Kier molecular flexibility index (Phi) is 4.37. The molecule has 0 aliphatic rings. The molecule has 0 aromatic carbocycles. The van der Waals surface area contributed by atoms with E-state index < -0.39 is 12.4 Å². The molecule has 4 nitrogen and oxygen atoms in total. The lowest BCUT2D eigenvalue weighted by molar-refractivity contribution is -0.142. The van der Waals surface area contributed by atoms with Gasteiger partial charge in [-0.3, -0.25) is 9.78 Å². The number of carbonyl (C=O) groups excluding carboxylic acids is 1. The molecule has 0 spiro atoms. The quantitative estimate of drug-likeness (QED) is 0.823. The summed E-state index contributed by atoms with van der Waals surface area (Å²) in [6.45, 7) is 3.33. The zero-order chi connectivity index (χ0) is 13.0. The SMILES string of the molecule is CCOC(=O)Cc1ncc(N)c(C)c1C(F)F. The number of halogens is 2. The van der Waals surface area contributed by atoms with E-state index in [1.807, 2.05) is 0 Å². The predicted molar refractivity (Wildman–Crippen MR) is 58.7 cm³/mol. The summed E-state index contributed by atoms with van der Waals surface area (Å²) >= 11 is 0. The molecular weight excluding hydrogens is 230 g/mol.